The average molecular weight is 274 g/mol. The molecule has 4 heteroatoms. The molecule has 3 rings (SSSR count). The Hall–Kier alpha value is -1.32. The molecule has 110 valence electrons. The molecule has 0 aliphatic heterocycles. The summed E-state index contributed by atoms with van der Waals surface area (Å²) in [6, 6.07) is 2.08. The van der Waals surface area contributed by atoms with Crippen LogP contribution < -0.4 is 10.2 Å². The largest absolute Gasteiger partial charge is 0.373 e. The first-order chi connectivity index (χ1) is 9.76. The molecule has 2 aliphatic rings. The van der Waals surface area contributed by atoms with E-state index in [-0.39, 0.29) is 0 Å². The zero-order valence-corrected chi connectivity index (χ0v) is 12.7. The van der Waals surface area contributed by atoms with Crippen LogP contribution in [0.25, 0.3) is 0 Å². The molecule has 2 saturated carbocycles. The summed E-state index contributed by atoms with van der Waals surface area (Å²) < 4.78 is 0. The first-order valence-corrected chi connectivity index (χ1v) is 8.04. The number of anilines is 2. The van der Waals surface area contributed by atoms with Crippen LogP contribution in [0.15, 0.2) is 6.07 Å². The first kappa shape index (κ1) is 13.7. The van der Waals surface area contributed by atoms with Crippen molar-refractivity contribution in [3.63, 3.8) is 0 Å². The van der Waals surface area contributed by atoms with Gasteiger partial charge in [0.05, 0.1) is 0 Å². The predicted molar refractivity (Wildman–Crippen MR) is 83.4 cm³/mol. The maximum atomic E-state index is 4.78. The summed E-state index contributed by atoms with van der Waals surface area (Å²) in [6.07, 6.45) is 9.48. The van der Waals surface area contributed by atoms with Gasteiger partial charge in [0.2, 0.25) is 0 Å². The third-order valence-corrected chi connectivity index (χ3v) is 4.58. The summed E-state index contributed by atoms with van der Waals surface area (Å²) in [5, 5.41) is 3.17. The summed E-state index contributed by atoms with van der Waals surface area (Å²) in [5.74, 6) is 4.50. The smallest absolute Gasteiger partial charge is 0.136 e. The second-order valence-electron chi connectivity index (χ2n) is 6.38. The number of hydrogen-bond acceptors (Lipinski definition) is 4. The second-order valence-corrected chi connectivity index (χ2v) is 6.38. The normalized spacial score (nSPS) is 19.9. The Morgan fingerprint density at radius 2 is 1.90 bits per heavy atom. The molecular weight excluding hydrogens is 248 g/mol. The van der Waals surface area contributed by atoms with E-state index in [1.54, 1.807) is 0 Å². The van der Waals surface area contributed by atoms with E-state index in [2.05, 4.69) is 28.3 Å². The maximum absolute atomic E-state index is 4.78. The molecule has 2 aliphatic carbocycles. The van der Waals surface area contributed by atoms with Crippen molar-refractivity contribution in [2.75, 3.05) is 30.9 Å². The monoisotopic (exact) mass is 274 g/mol. The molecule has 1 heterocycles. The van der Waals surface area contributed by atoms with Crippen molar-refractivity contribution in [2.45, 2.75) is 50.9 Å². The molecule has 0 amide bonds. The zero-order valence-electron chi connectivity index (χ0n) is 12.7. The molecule has 1 N–H and O–H groups in total. The van der Waals surface area contributed by atoms with Crippen LogP contribution in [-0.4, -0.2) is 30.6 Å². The SMILES string of the molecule is CNc1cc(N(C)CC2CCCCC2)nc(C2CC2)n1. The van der Waals surface area contributed by atoms with Gasteiger partial charge in [0.15, 0.2) is 0 Å². The van der Waals surface area contributed by atoms with Gasteiger partial charge in [-0.05, 0) is 31.6 Å². The minimum atomic E-state index is 0.602. The van der Waals surface area contributed by atoms with Gasteiger partial charge in [0.25, 0.3) is 0 Å². The highest BCUT2D eigenvalue weighted by Crippen LogP contribution is 2.39. The minimum absolute atomic E-state index is 0.602. The van der Waals surface area contributed by atoms with E-state index in [9.17, 15) is 0 Å². The first-order valence-electron chi connectivity index (χ1n) is 8.04. The summed E-state index contributed by atoms with van der Waals surface area (Å²) in [5.41, 5.74) is 0. The van der Waals surface area contributed by atoms with E-state index < -0.39 is 0 Å². The van der Waals surface area contributed by atoms with Crippen molar-refractivity contribution < 1.29 is 0 Å². The molecular formula is C16H26N4. The summed E-state index contributed by atoms with van der Waals surface area (Å²) in [7, 11) is 4.11. The fourth-order valence-corrected chi connectivity index (χ4v) is 3.15. The molecule has 0 unspecified atom stereocenters. The summed E-state index contributed by atoms with van der Waals surface area (Å²) in [6.45, 7) is 1.13. The maximum Gasteiger partial charge on any atom is 0.136 e. The Balaban J connectivity index is 1.72. The van der Waals surface area contributed by atoms with E-state index in [4.69, 9.17) is 4.98 Å². The highest BCUT2D eigenvalue weighted by Gasteiger charge is 2.28. The molecule has 20 heavy (non-hydrogen) atoms. The molecule has 4 nitrogen and oxygen atoms in total. The van der Waals surface area contributed by atoms with Gasteiger partial charge in [0.1, 0.15) is 17.5 Å². The molecule has 0 bridgehead atoms. The van der Waals surface area contributed by atoms with E-state index in [1.807, 2.05) is 7.05 Å². The van der Waals surface area contributed by atoms with Crippen molar-refractivity contribution in [1.82, 2.24) is 9.97 Å². The molecule has 1 aromatic heterocycles. The molecule has 0 atom stereocenters. The molecule has 0 radical (unpaired) electrons. The standard InChI is InChI=1S/C16H26N4/c1-17-14-10-15(19-16(18-14)13-8-9-13)20(2)11-12-6-4-3-5-7-12/h10,12-13H,3-9,11H2,1-2H3,(H,17,18,19). The summed E-state index contributed by atoms with van der Waals surface area (Å²) >= 11 is 0. The van der Waals surface area contributed by atoms with E-state index in [0.717, 1.165) is 29.9 Å². The lowest BCUT2D eigenvalue weighted by Crippen LogP contribution is -2.28. The van der Waals surface area contributed by atoms with Crippen LogP contribution in [-0.2, 0) is 0 Å². The lowest BCUT2D eigenvalue weighted by molar-refractivity contribution is 0.361. The minimum Gasteiger partial charge on any atom is -0.373 e. The van der Waals surface area contributed by atoms with Crippen LogP contribution in [0.5, 0.6) is 0 Å². The van der Waals surface area contributed by atoms with Crippen molar-refractivity contribution in [3.05, 3.63) is 11.9 Å². The number of rotatable bonds is 5. The van der Waals surface area contributed by atoms with Crippen LogP contribution in [0.3, 0.4) is 0 Å². The lowest BCUT2D eigenvalue weighted by atomic mass is 9.89. The van der Waals surface area contributed by atoms with Gasteiger partial charge in [-0.25, -0.2) is 9.97 Å². The quantitative estimate of drug-likeness (QED) is 0.893. The van der Waals surface area contributed by atoms with Crippen LogP contribution in [0.4, 0.5) is 11.6 Å². The Morgan fingerprint density at radius 3 is 2.55 bits per heavy atom. The van der Waals surface area contributed by atoms with Crippen molar-refractivity contribution in [1.29, 1.82) is 0 Å². The van der Waals surface area contributed by atoms with E-state index in [1.165, 1.54) is 44.9 Å². The Bertz CT molecular complexity index is 450. The number of hydrogen-bond donors (Lipinski definition) is 1. The van der Waals surface area contributed by atoms with E-state index >= 15 is 0 Å². The van der Waals surface area contributed by atoms with Gasteiger partial charge >= 0.3 is 0 Å². The number of nitrogens with zero attached hydrogens (tertiary/aromatic N) is 3. The third-order valence-electron chi connectivity index (χ3n) is 4.58. The molecule has 0 saturated heterocycles. The van der Waals surface area contributed by atoms with Crippen LogP contribution in [0.1, 0.15) is 56.7 Å². The molecule has 1 aromatic rings. The molecule has 2 fully saturated rings. The highest BCUT2D eigenvalue weighted by molar-refractivity contribution is 5.49. The highest BCUT2D eigenvalue weighted by atomic mass is 15.2. The molecule has 0 aromatic carbocycles. The van der Waals surface area contributed by atoms with Crippen LogP contribution in [0, 0.1) is 5.92 Å². The zero-order chi connectivity index (χ0) is 13.9. The molecule has 0 spiro atoms. The van der Waals surface area contributed by atoms with Gasteiger partial charge in [0, 0.05) is 32.6 Å². The van der Waals surface area contributed by atoms with Crippen molar-refractivity contribution in [2.24, 2.45) is 5.92 Å². The van der Waals surface area contributed by atoms with Crippen molar-refractivity contribution in [3.8, 4) is 0 Å². The Labute approximate surface area is 122 Å². The van der Waals surface area contributed by atoms with Gasteiger partial charge in [-0.3, -0.25) is 0 Å². The number of nitrogens with one attached hydrogen (secondary N) is 1. The van der Waals surface area contributed by atoms with Crippen LogP contribution >= 0.6 is 0 Å². The third kappa shape index (κ3) is 3.22. The van der Waals surface area contributed by atoms with Crippen LogP contribution in [0.2, 0.25) is 0 Å². The summed E-state index contributed by atoms with van der Waals surface area (Å²) in [4.78, 5) is 11.7. The van der Waals surface area contributed by atoms with Gasteiger partial charge in [-0.15, -0.1) is 0 Å². The second kappa shape index (κ2) is 5.98. The van der Waals surface area contributed by atoms with E-state index in [0.29, 0.717) is 5.92 Å². The topological polar surface area (TPSA) is 41.0 Å². The van der Waals surface area contributed by atoms with Gasteiger partial charge in [-0.1, -0.05) is 19.3 Å². The van der Waals surface area contributed by atoms with Gasteiger partial charge in [-0.2, -0.15) is 0 Å². The Morgan fingerprint density at radius 1 is 1.15 bits per heavy atom. The number of aromatic nitrogens is 2. The van der Waals surface area contributed by atoms with Gasteiger partial charge < -0.3 is 10.2 Å². The fourth-order valence-electron chi connectivity index (χ4n) is 3.15. The predicted octanol–water partition coefficient (Wildman–Crippen LogP) is 3.41. The lowest BCUT2D eigenvalue weighted by Gasteiger charge is -2.28. The Kier molecular flexibility index (Phi) is 4.08. The average Bonchev–Trinajstić information content (AvgIpc) is 3.32. The fraction of sp³-hybridized carbons (Fsp3) is 0.750. The van der Waals surface area contributed by atoms with Crippen molar-refractivity contribution >= 4 is 11.6 Å².